The summed E-state index contributed by atoms with van der Waals surface area (Å²) in [5.41, 5.74) is 3.62. The topological polar surface area (TPSA) is 61.0 Å². The first-order chi connectivity index (χ1) is 11.0. The van der Waals surface area contributed by atoms with Crippen LogP contribution < -0.4 is 0 Å². The summed E-state index contributed by atoms with van der Waals surface area (Å²) in [5, 5.41) is 14.0. The van der Waals surface area contributed by atoms with E-state index < -0.39 is 4.92 Å². The first-order valence-electron chi connectivity index (χ1n) is 7.10. The van der Waals surface area contributed by atoms with E-state index in [4.69, 9.17) is 11.6 Å². The van der Waals surface area contributed by atoms with Gasteiger partial charge in [0.05, 0.1) is 21.0 Å². The highest BCUT2D eigenvalue weighted by Gasteiger charge is 2.15. The molecule has 0 aliphatic rings. The Balaban J connectivity index is 2.22. The van der Waals surface area contributed by atoms with E-state index in [2.05, 4.69) is 15.6 Å². The van der Waals surface area contributed by atoms with Crippen molar-refractivity contribution < 1.29 is 4.92 Å². The molecule has 0 saturated carbocycles. The molecule has 2 aromatic carbocycles. The fourth-order valence-corrected chi connectivity index (χ4v) is 3.38. The lowest BCUT2D eigenvalue weighted by Gasteiger charge is -2.07. The smallest absolute Gasteiger partial charge is 0.270 e. The molecule has 2 heterocycles. The Morgan fingerprint density at radius 1 is 1.13 bits per heavy atom. The van der Waals surface area contributed by atoms with E-state index in [1.165, 1.54) is 12.1 Å². The van der Waals surface area contributed by atoms with Gasteiger partial charge in [0, 0.05) is 46.5 Å². The van der Waals surface area contributed by atoms with Gasteiger partial charge in [0.15, 0.2) is 0 Å². The number of hydrogen-bond donors (Lipinski definition) is 0. The second-order valence-corrected chi connectivity index (χ2v) is 6.00. The zero-order valence-electron chi connectivity index (χ0n) is 12.5. The molecule has 0 atom stereocenters. The van der Waals surface area contributed by atoms with Gasteiger partial charge in [-0.3, -0.25) is 10.1 Å². The Morgan fingerprint density at radius 3 is 2.61 bits per heavy atom. The van der Waals surface area contributed by atoms with Crippen LogP contribution in [0.15, 0.2) is 36.4 Å². The maximum absolute atomic E-state index is 11.0. The van der Waals surface area contributed by atoms with Gasteiger partial charge in [-0.1, -0.05) is 11.6 Å². The molecule has 2 aromatic heterocycles. The average Bonchev–Trinajstić information content (AvgIpc) is 2.82. The number of nitro groups is 1. The first kappa shape index (κ1) is 14.0. The third kappa shape index (κ3) is 1.90. The standard InChI is InChI=1S/C17H12ClN3O2/c1-9-7-12-15(20(9)2)6-5-14-16(12)17(18)11-8-10(21(22)23)3-4-13(11)19-14/h3-8H,1-2H3. The summed E-state index contributed by atoms with van der Waals surface area (Å²) in [6.45, 7) is 2.03. The van der Waals surface area contributed by atoms with Crippen LogP contribution in [-0.2, 0) is 7.05 Å². The maximum Gasteiger partial charge on any atom is 0.270 e. The molecule has 23 heavy (non-hydrogen) atoms. The number of benzene rings is 2. The number of aromatic nitrogens is 2. The van der Waals surface area contributed by atoms with E-state index in [9.17, 15) is 10.1 Å². The number of halogens is 1. The molecule has 6 heteroatoms. The molecule has 4 aromatic rings. The monoisotopic (exact) mass is 325 g/mol. The molecule has 0 aliphatic heterocycles. The van der Waals surface area contributed by atoms with Gasteiger partial charge in [-0.2, -0.15) is 0 Å². The third-order valence-electron chi connectivity index (χ3n) is 4.33. The maximum atomic E-state index is 11.0. The van der Waals surface area contributed by atoms with Crippen LogP contribution in [0.5, 0.6) is 0 Å². The van der Waals surface area contributed by atoms with Crippen LogP contribution in [0.1, 0.15) is 5.69 Å². The number of hydrogen-bond acceptors (Lipinski definition) is 3. The summed E-state index contributed by atoms with van der Waals surface area (Å²) >= 11 is 6.62. The Bertz CT molecular complexity index is 1130. The number of fused-ring (bicyclic) bond motifs is 4. The molecule has 0 bridgehead atoms. The van der Waals surface area contributed by atoms with Crippen molar-refractivity contribution in [2.24, 2.45) is 7.05 Å². The molecule has 0 N–H and O–H groups in total. The van der Waals surface area contributed by atoms with E-state index in [1.54, 1.807) is 6.07 Å². The summed E-state index contributed by atoms with van der Waals surface area (Å²) in [4.78, 5) is 15.2. The van der Waals surface area contributed by atoms with Crippen LogP contribution in [0.25, 0.3) is 32.7 Å². The van der Waals surface area contributed by atoms with Gasteiger partial charge in [0.2, 0.25) is 0 Å². The van der Waals surface area contributed by atoms with Crippen molar-refractivity contribution in [2.75, 3.05) is 0 Å². The quantitative estimate of drug-likeness (QED) is 0.288. The molecule has 4 rings (SSSR count). The molecular weight excluding hydrogens is 314 g/mol. The summed E-state index contributed by atoms with van der Waals surface area (Å²) < 4.78 is 2.09. The number of pyridine rings is 1. The van der Waals surface area contributed by atoms with E-state index in [1.807, 2.05) is 26.1 Å². The van der Waals surface area contributed by atoms with Gasteiger partial charge in [-0.25, -0.2) is 4.98 Å². The molecule has 0 fully saturated rings. The molecular formula is C17H12ClN3O2. The lowest BCUT2D eigenvalue weighted by Crippen LogP contribution is -1.91. The van der Waals surface area contributed by atoms with Crippen molar-refractivity contribution in [2.45, 2.75) is 6.92 Å². The Morgan fingerprint density at radius 2 is 1.87 bits per heavy atom. The minimum atomic E-state index is -0.423. The SMILES string of the molecule is Cc1cc2c3c(Cl)c4cc([N+](=O)[O-])ccc4nc3ccc2n1C. The zero-order chi connectivity index (χ0) is 16.3. The third-order valence-corrected chi connectivity index (χ3v) is 4.72. The van der Waals surface area contributed by atoms with Crippen molar-refractivity contribution in [3.05, 3.63) is 57.2 Å². The lowest BCUT2D eigenvalue weighted by molar-refractivity contribution is -0.384. The zero-order valence-corrected chi connectivity index (χ0v) is 13.3. The molecule has 0 aliphatic carbocycles. The fourth-order valence-electron chi connectivity index (χ4n) is 3.03. The summed E-state index contributed by atoms with van der Waals surface area (Å²) in [6.07, 6.45) is 0. The van der Waals surface area contributed by atoms with Crippen molar-refractivity contribution in [1.29, 1.82) is 0 Å². The number of nitrogens with zero attached hydrogens (tertiary/aromatic N) is 3. The van der Waals surface area contributed by atoms with Crippen LogP contribution in [0.4, 0.5) is 5.69 Å². The molecule has 0 spiro atoms. The van der Waals surface area contributed by atoms with E-state index >= 15 is 0 Å². The highest BCUT2D eigenvalue weighted by atomic mass is 35.5. The number of nitro benzene ring substituents is 1. The van der Waals surface area contributed by atoms with E-state index in [0.29, 0.717) is 15.9 Å². The van der Waals surface area contributed by atoms with Gasteiger partial charge >= 0.3 is 0 Å². The normalized spacial score (nSPS) is 11.6. The minimum Gasteiger partial charge on any atom is -0.348 e. The van der Waals surface area contributed by atoms with Gasteiger partial charge in [0.1, 0.15) is 0 Å². The Kier molecular flexibility index (Phi) is 2.83. The highest BCUT2D eigenvalue weighted by molar-refractivity contribution is 6.42. The summed E-state index contributed by atoms with van der Waals surface area (Å²) in [6, 6.07) is 10.6. The van der Waals surface area contributed by atoms with Gasteiger partial charge in [0.25, 0.3) is 5.69 Å². The second-order valence-electron chi connectivity index (χ2n) is 5.62. The highest BCUT2D eigenvalue weighted by Crippen LogP contribution is 2.37. The van der Waals surface area contributed by atoms with Crippen LogP contribution in [0, 0.1) is 17.0 Å². The molecule has 5 nitrogen and oxygen atoms in total. The van der Waals surface area contributed by atoms with Crippen LogP contribution in [0.2, 0.25) is 5.02 Å². The van der Waals surface area contributed by atoms with Crippen molar-refractivity contribution >= 4 is 50.0 Å². The largest absolute Gasteiger partial charge is 0.348 e. The van der Waals surface area contributed by atoms with Crippen molar-refractivity contribution in [1.82, 2.24) is 9.55 Å². The predicted octanol–water partition coefficient (Wildman–Crippen LogP) is 4.75. The van der Waals surface area contributed by atoms with Gasteiger partial charge < -0.3 is 4.57 Å². The fraction of sp³-hybridized carbons (Fsp3) is 0.118. The second kappa shape index (κ2) is 4.67. The molecule has 0 radical (unpaired) electrons. The number of aryl methyl sites for hydroxylation is 2. The Hall–Kier alpha value is -2.66. The molecule has 0 unspecified atom stereocenters. The summed E-state index contributed by atoms with van der Waals surface area (Å²) in [5.74, 6) is 0. The lowest BCUT2D eigenvalue weighted by atomic mass is 10.1. The molecule has 0 amide bonds. The number of rotatable bonds is 1. The van der Waals surface area contributed by atoms with Crippen molar-refractivity contribution in [3.63, 3.8) is 0 Å². The molecule has 114 valence electrons. The molecule has 0 saturated heterocycles. The van der Waals surface area contributed by atoms with Crippen LogP contribution in [-0.4, -0.2) is 14.5 Å². The van der Waals surface area contributed by atoms with E-state index in [-0.39, 0.29) is 5.69 Å². The number of non-ortho nitro benzene ring substituents is 1. The predicted molar refractivity (Wildman–Crippen MR) is 92.1 cm³/mol. The first-order valence-corrected chi connectivity index (χ1v) is 7.47. The minimum absolute atomic E-state index is 0.0111. The van der Waals surface area contributed by atoms with Gasteiger partial charge in [-0.15, -0.1) is 0 Å². The van der Waals surface area contributed by atoms with Crippen molar-refractivity contribution in [3.8, 4) is 0 Å². The summed E-state index contributed by atoms with van der Waals surface area (Å²) in [7, 11) is 2.00. The van der Waals surface area contributed by atoms with Gasteiger partial charge in [-0.05, 0) is 31.2 Å². The van der Waals surface area contributed by atoms with Crippen LogP contribution >= 0.6 is 11.6 Å². The van der Waals surface area contributed by atoms with E-state index in [0.717, 1.165) is 27.5 Å². The van der Waals surface area contributed by atoms with Crippen LogP contribution in [0.3, 0.4) is 0 Å². The Labute approximate surface area is 136 Å². The average molecular weight is 326 g/mol.